The Morgan fingerprint density at radius 3 is 1.96 bits per heavy atom. The third-order valence-corrected chi connectivity index (χ3v) is 7.64. The number of nitrogens with one attached hydrogen (secondary N) is 4. The van der Waals surface area contributed by atoms with Crippen LogP contribution in [0.2, 0.25) is 0 Å². The maximum atomic E-state index is 13.6. The number of para-hydroxylation sites is 1. The lowest BCUT2D eigenvalue weighted by molar-refractivity contribution is -0.143. The van der Waals surface area contributed by atoms with Crippen LogP contribution >= 0.6 is 0 Å². The predicted molar refractivity (Wildman–Crippen MR) is 172 cm³/mol. The fraction of sp³-hybridized carbons (Fsp3) is 0.265. The van der Waals surface area contributed by atoms with Gasteiger partial charge in [-0.1, -0.05) is 60.7 Å². The number of carbonyl (C=O) groups is 5. The second kappa shape index (κ2) is 16.0. The Labute approximate surface area is 270 Å². The minimum absolute atomic E-state index is 0.0237. The first-order chi connectivity index (χ1) is 22.5. The van der Waals surface area contributed by atoms with Crippen LogP contribution in [0.25, 0.3) is 10.9 Å². The molecule has 246 valence electrons. The smallest absolute Gasteiger partial charge is 0.326 e. The normalized spacial score (nSPS) is 13.6. The van der Waals surface area contributed by atoms with Crippen LogP contribution in [0, 0.1) is 0 Å². The molecule has 0 bridgehead atoms. The summed E-state index contributed by atoms with van der Waals surface area (Å²) in [7, 11) is 0. The fourth-order valence-corrected chi connectivity index (χ4v) is 5.12. The highest BCUT2D eigenvalue weighted by molar-refractivity contribution is 5.94. The molecule has 13 heteroatoms. The summed E-state index contributed by atoms with van der Waals surface area (Å²) in [6, 6.07) is 17.1. The Balaban J connectivity index is 1.50. The van der Waals surface area contributed by atoms with Gasteiger partial charge in [-0.25, -0.2) is 4.79 Å². The van der Waals surface area contributed by atoms with Gasteiger partial charge in [0.05, 0.1) is 6.04 Å². The summed E-state index contributed by atoms with van der Waals surface area (Å²) in [5, 5.41) is 37.2. The molecule has 4 rings (SSSR count). The van der Waals surface area contributed by atoms with E-state index in [4.69, 9.17) is 5.73 Å². The first-order valence-corrected chi connectivity index (χ1v) is 15.0. The molecular formula is C34H37N5O8. The van der Waals surface area contributed by atoms with E-state index in [0.717, 1.165) is 10.9 Å². The van der Waals surface area contributed by atoms with Crippen LogP contribution in [0.4, 0.5) is 0 Å². The van der Waals surface area contributed by atoms with Crippen LogP contribution in [-0.2, 0) is 43.2 Å². The third kappa shape index (κ3) is 9.90. The highest BCUT2D eigenvalue weighted by Gasteiger charge is 2.31. The molecule has 0 aliphatic rings. The number of phenolic OH excluding ortho intramolecular Hbond substituents is 1. The van der Waals surface area contributed by atoms with Gasteiger partial charge < -0.3 is 42.0 Å². The molecule has 3 aromatic carbocycles. The van der Waals surface area contributed by atoms with Crippen molar-refractivity contribution in [2.45, 2.75) is 56.3 Å². The van der Waals surface area contributed by atoms with Crippen molar-refractivity contribution < 1.29 is 39.3 Å². The summed E-state index contributed by atoms with van der Waals surface area (Å²) >= 11 is 0. The molecule has 0 spiro atoms. The number of H-pyrrole nitrogens is 1. The highest BCUT2D eigenvalue weighted by atomic mass is 16.4. The summed E-state index contributed by atoms with van der Waals surface area (Å²) in [6.45, 7) is 0. The van der Waals surface area contributed by atoms with Crippen LogP contribution in [0.1, 0.15) is 29.5 Å². The van der Waals surface area contributed by atoms with Gasteiger partial charge in [-0.15, -0.1) is 0 Å². The van der Waals surface area contributed by atoms with Gasteiger partial charge >= 0.3 is 11.9 Å². The molecule has 4 atom stereocenters. The van der Waals surface area contributed by atoms with E-state index in [0.29, 0.717) is 16.7 Å². The molecule has 0 saturated heterocycles. The number of aromatic nitrogens is 1. The molecule has 1 heterocycles. The van der Waals surface area contributed by atoms with Crippen LogP contribution < -0.4 is 21.7 Å². The largest absolute Gasteiger partial charge is 0.508 e. The summed E-state index contributed by atoms with van der Waals surface area (Å²) in [6.07, 6.45) is 0.888. The molecular weight excluding hydrogens is 606 g/mol. The lowest BCUT2D eigenvalue weighted by Gasteiger charge is -2.25. The zero-order valence-electron chi connectivity index (χ0n) is 25.4. The van der Waals surface area contributed by atoms with Gasteiger partial charge in [-0.3, -0.25) is 19.2 Å². The summed E-state index contributed by atoms with van der Waals surface area (Å²) < 4.78 is 0. The number of carboxylic acids is 2. The summed E-state index contributed by atoms with van der Waals surface area (Å²) in [5.41, 5.74) is 8.95. The second-order valence-electron chi connectivity index (χ2n) is 11.2. The van der Waals surface area contributed by atoms with E-state index in [1.54, 1.807) is 54.7 Å². The second-order valence-corrected chi connectivity index (χ2v) is 11.2. The molecule has 0 saturated carbocycles. The quantitative estimate of drug-likeness (QED) is 0.0887. The Morgan fingerprint density at radius 1 is 0.681 bits per heavy atom. The Morgan fingerprint density at radius 2 is 1.28 bits per heavy atom. The molecule has 0 aliphatic heterocycles. The molecule has 0 unspecified atom stereocenters. The number of fused-ring (bicyclic) bond motifs is 1. The lowest BCUT2D eigenvalue weighted by atomic mass is 10.0. The van der Waals surface area contributed by atoms with Gasteiger partial charge in [-0.05, 0) is 47.7 Å². The average molecular weight is 644 g/mol. The number of amides is 3. The number of carboxylic acid groups (broad SMARTS) is 2. The number of hydrogen-bond donors (Lipinski definition) is 8. The van der Waals surface area contributed by atoms with E-state index >= 15 is 0 Å². The van der Waals surface area contributed by atoms with Crippen molar-refractivity contribution in [3.63, 3.8) is 0 Å². The minimum atomic E-state index is -1.43. The summed E-state index contributed by atoms with van der Waals surface area (Å²) in [5.74, 6) is -4.80. The standard InChI is InChI=1S/C34H37N5O8/c35-25(16-21-10-12-23(40)13-11-21)31(43)38-28(17-20-6-2-1-3-7-20)33(45)37-27(14-15-30(41)42)32(44)39-29(34(46)47)18-22-19-36-26-9-5-4-8-24(22)26/h1-13,19,25,27-29,36,40H,14-18,35H2,(H,37,45)(H,38,43)(H,39,44)(H,41,42)(H,46,47)/t25-,27-,28-,29-/m0/s1. The first kappa shape index (κ1) is 34.2. The van der Waals surface area contributed by atoms with Crippen molar-refractivity contribution in [2.24, 2.45) is 5.73 Å². The molecule has 47 heavy (non-hydrogen) atoms. The number of phenols is 1. The Kier molecular flexibility index (Phi) is 11.7. The maximum Gasteiger partial charge on any atom is 0.326 e. The molecule has 0 aliphatic carbocycles. The lowest BCUT2D eigenvalue weighted by Crippen LogP contribution is -2.58. The minimum Gasteiger partial charge on any atom is -0.508 e. The predicted octanol–water partition coefficient (Wildman–Crippen LogP) is 1.63. The average Bonchev–Trinajstić information content (AvgIpc) is 3.46. The van der Waals surface area contributed by atoms with Crippen molar-refractivity contribution in [3.05, 3.63) is 102 Å². The molecule has 0 radical (unpaired) electrons. The van der Waals surface area contributed by atoms with E-state index in [2.05, 4.69) is 20.9 Å². The van der Waals surface area contributed by atoms with E-state index in [-0.39, 0.29) is 31.4 Å². The van der Waals surface area contributed by atoms with E-state index in [1.165, 1.54) is 12.1 Å². The zero-order chi connectivity index (χ0) is 33.9. The SMILES string of the molecule is N[C@@H](Cc1ccc(O)cc1)C(=O)N[C@@H](Cc1ccccc1)C(=O)N[C@@H](CCC(=O)O)C(=O)N[C@@H](Cc1c[nH]c2ccccc12)C(=O)O. The molecule has 3 amide bonds. The van der Waals surface area contributed by atoms with E-state index in [1.807, 2.05) is 18.2 Å². The number of carbonyl (C=O) groups excluding carboxylic acids is 3. The van der Waals surface area contributed by atoms with Crippen molar-refractivity contribution in [1.82, 2.24) is 20.9 Å². The Hall–Kier alpha value is -5.69. The van der Waals surface area contributed by atoms with Crippen molar-refractivity contribution in [1.29, 1.82) is 0 Å². The third-order valence-electron chi connectivity index (χ3n) is 7.64. The number of rotatable bonds is 16. The van der Waals surface area contributed by atoms with Crippen molar-refractivity contribution in [2.75, 3.05) is 0 Å². The number of aromatic hydroxyl groups is 1. The monoisotopic (exact) mass is 643 g/mol. The topological polar surface area (TPSA) is 224 Å². The van der Waals surface area contributed by atoms with Crippen LogP contribution in [0.3, 0.4) is 0 Å². The van der Waals surface area contributed by atoms with Gasteiger partial charge in [0.2, 0.25) is 17.7 Å². The van der Waals surface area contributed by atoms with Crippen LogP contribution in [0.5, 0.6) is 5.75 Å². The molecule has 9 N–H and O–H groups in total. The van der Waals surface area contributed by atoms with Gasteiger partial charge in [0.1, 0.15) is 23.9 Å². The van der Waals surface area contributed by atoms with E-state index in [9.17, 15) is 39.3 Å². The van der Waals surface area contributed by atoms with Crippen LogP contribution in [-0.4, -0.2) is 74.1 Å². The molecule has 1 aromatic heterocycles. The number of benzene rings is 3. The van der Waals surface area contributed by atoms with Gasteiger partial charge in [0.25, 0.3) is 0 Å². The van der Waals surface area contributed by atoms with Gasteiger partial charge in [0.15, 0.2) is 0 Å². The fourth-order valence-electron chi connectivity index (χ4n) is 5.12. The number of aliphatic carboxylic acids is 2. The van der Waals surface area contributed by atoms with Crippen molar-refractivity contribution >= 4 is 40.6 Å². The maximum absolute atomic E-state index is 13.6. The summed E-state index contributed by atoms with van der Waals surface area (Å²) in [4.78, 5) is 66.8. The van der Waals surface area contributed by atoms with Crippen LogP contribution in [0.15, 0.2) is 85.1 Å². The molecule has 0 fully saturated rings. The molecule has 4 aromatic rings. The number of aromatic amines is 1. The van der Waals surface area contributed by atoms with Gasteiger partial charge in [-0.2, -0.15) is 0 Å². The highest BCUT2D eigenvalue weighted by Crippen LogP contribution is 2.19. The van der Waals surface area contributed by atoms with Gasteiger partial charge in [0, 0.05) is 36.4 Å². The van der Waals surface area contributed by atoms with E-state index < -0.39 is 60.2 Å². The number of nitrogens with two attached hydrogens (primary N) is 1. The van der Waals surface area contributed by atoms with Crippen molar-refractivity contribution in [3.8, 4) is 5.75 Å². The Bertz CT molecular complexity index is 1710. The first-order valence-electron chi connectivity index (χ1n) is 15.0. The molecule has 13 nitrogen and oxygen atoms in total. The number of hydrogen-bond acceptors (Lipinski definition) is 7. The zero-order valence-corrected chi connectivity index (χ0v) is 25.4.